The van der Waals surface area contributed by atoms with Gasteiger partial charge in [0.05, 0.1) is 10.7 Å². The predicted molar refractivity (Wildman–Crippen MR) is 113 cm³/mol. The van der Waals surface area contributed by atoms with E-state index in [-0.39, 0.29) is 5.91 Å². The average Bonchev–Trinajstić information content (AvgIpc) is 2.61. The summed E-state index contributed by atoms with van der Waals surface area (Å²) in [6, 6.07) is 12.7. The molecule has 0 saturated carbocycles. The number of benzene rings is 2. The van der Waals surface area contributed by atoms with Crippen molar-refractivity contribution in [3.05, 3.63) is 86.0 Å². The third-order valence-electron chi connectivity index (χ3n) is 4.69. The molecule has 3 aromatic rings. The number of nitrogens with zero attached hydrogens (tertiary/aromatic N) is 3. The van der Waals surface area contributed by atoms with Crippen molar-refractivity contribution in [1.29, 1.82) is 0 Å². The van der Waals surface area contributed by atoms with Crippen LogP contribution in [0.4, 0.5) is 5.69 Å². The van der Waals surface area contributed by atoms with E-state index in [0.29, 0.717) is 27.7 Å². The standard InChI is InChI=1S/C22H22ClN3O2/c1-13-6-9-19(14(2)10-13)25(5)21(27)17-7-8-18(23)20(12-17)26-16(4)11-15(3)24-22(26)28/h6-12H,1-5H3. The summed E-state index contributed by atoms with van der Waals surface area (Å²) in [5.74, 6) is -0.185. The minimum Gasteiger partial charge on any atom is -0.311 e. The van der Waals surface area contributed by atoms with Gasteiger partial charge in [-0.25, -0.2) is 4.79 Å². The number of anilines is 1. The average molecular weight is 396 g/mol. The lowest BCUT2D eigenvalue weighted by molar-refractivity contribution is 0.0993. The van der Waals surface area contributed by atoms with Crippen LogP contribution in [0.25, 0.3) is 5.69 Å². The highest BCUT2D eigenvalue weighted by Crippen LogP contribution is 2.25. The van der Waals surface area contributed by atoms with E-state index in [1.165, 1.54) is 4.57 Å². The summed E-state index contributed by atoms with van der Waals surface area (Å²) in [6.07, 6.45) is 0. The molecular weight excluding hydrogens is 374 g/mol. The van der Waals surface area contributed by atoms with Crippen LogP contribution >= 0.6 is 11.6 Å². The molecule has 0 radical (unpaired) electrons. The highest BCUT2D eigenvalue weighted by Gasteiger charge is 2.18. The van der Waals surface area contributed by atoms with Crippen LogP contribution in [0, 0.1) is 27.7 Å². The van der Waals surface area contributed by atoms with Crippen molar-refractivity contribution in [2.45, 2.75) is 27.7 Å². The summed E-state index contributed by atoms with van der Waals surface area (Å²) in [6.45, 7) is 7.56. The summed E-state index contributed by atoms with van der Waals surface area (Å²) < 4.78 is 1.42. The molecule has 0 aliphatic rings. The molecule has 0 atom stereocenters. The molecule has 6 heteroatoms. The van der Waals surface area contributed by atoms with Crippen molar-refractivity contribution in [3.63, 3.8) is 0 Å². The number of carbonyl (C=O) groups excluding carboxylic acids is 1. The van der Waals surface area contributed by atoms with Crippen LogP contribution in [-0.2, 0) is 0 Å². The molecule has 1 aromatic heterocycles. The summed E-state index contributed by atoms with van der Waals surface area (Å²) in [5.41, 5.74) is 4.77. The lowest BCUT2D eigenvalue weighted by Crippen LogP contribution is -2.28. The highest BCUT2D eigenvalue weighted by molar-refractivity contribution is 6.32. The number of aromatic nitrogens is 2. The van der Waals surface area contributed by atoms with Gasteiger partial charge in [-0.05, 0) is 63.6 Å². The summed E-state index contributed by atoms with van der Waals surface area (Å²) in [4.78, 5) is 31.1. The molecule has 0 N–H and O–H groups in total. The summed E-state index contributed by atoms with van der Waals surface area (Å²) >= 11 is 6.35. The van der Waals surface area contributed by atoms with Crippen LogP contribution in [0.2, 0.25) is 5.02 Å². The molecular formula is C22H22ClN3O2. The Morgan fingerprint density at radius 3 is 2.39 bits per heavy atom. The van der Waals surface area contributed by atoms with E-state index in [0.717, 1.165) is 16.8 Å². The maximum atomic E-state index is 13.1. The number of carbonyl (C=O) groups is 1. The van der Waals surface area contributed by atoms with Crippen molar-refractivity contribution in [2.24, 2.45) is 0 Å². The fourth-order valence-electron chi connectivity index (χ4n) is 3.35. The van der Waals surface area contributed by atoms with Crippen molar-refractivity contribution in [1.82, 2.24) is 9.55 Å². The zero-order valence-electron chi connectivity index (χ0n) is 16.6. The molecule has 5 nitrogen and oxygen atoms in total. The van der Waals surface area contributed by atoms with Gasteiger partial charge in [0.25, 0.3) is 5.91 Å². The molecule has 0 unspecified atom stereocenters. The number of hydrogen-bond acceptors (Lipinski definition) is 3. The van der Waals surface area contributed by atoms with Gasteiger partial charge in [0.1, 0.15) is 0 Å². The lowest BCUT2D eigenvalue weighted by Gasteiger charge is -2.21. The lowest BCUT2D eigenvalue weighted by atomic mass is 10.1. The van der Waals surface area contributed by atoms with Crippen LogP contribution in [0.3, 0.4) is 0 Å². The molecule has 0 fully saturated rings. The van der Waals surface area contributed by atoms with Crippen molar-refractivity contribution >= 4 is 23.2 Å². The van der Waals surface area contributed by atoms with Gasteiger partial charge in [-0.1, -0.05) is 29.3 Å². The van der Waals surface area contributed by atoms with Gasteiger partial charge in [-0.15, -0.1) is 0 Å². The van der Waals surface area contributed by atoms with Gasteiger partial charge in [-0.2, -0.15) is 4.98 Å². The van der Waals surface area contributed by atoms with Crippen LogP contribution in [0.15, 0.2) is 47.3 Å². The normalized spacial score (nSPS) is 10.8. The van der Waals surface area contributed by atoms with Crippen LogP contribution < -0.4 is 10.6 Å². The molecule has 144 valence electrons. The first-order chi connectivity index (χ1) is 13.2. The summed E-state index contributed by atoms with van der Waals surface area (Å²) in [5, 5.41) is 0.376. The monoisotopic (exact) mass is 395 g/mol. The van der Waals surface area contributed by atoms with E-state index in [1.54, 1.807) is 43.1 Å². The number of rotatable bonds is 3. The van der Waals surface area contributed by atoms with E-state index in [9.17, 15) is 9.59 Å². The van der Waals surface area contributed by atoms with Crippen molar-refractivity contribution < 1.29 is 4.79 Å². The Balaban J connectivity index is 2.06. The molecule has 3 rings (SSSR count). The smallest absolute Gasteiger partial charge is 0.311 e. The molecule has 28 heavy (non-hydrogen) atoms. The number of amides is 1. The van der Waals surface area contributed by atoms with Crippen LogP contribution in [0.1, 0.15) is 32.9 Å². The first-order valence-electron chi connectivity index (χ1n) is 8.91. The van der Waals surface area contributed by atoms with E-state index in [4.69, 9.17) is 11.6 Å². The molecule has 1 amide bonds. The first kappa shape index (κ1) is 19.8. The Morgan fingerprint density at radius 2 is 1.75 bits per heavy atom. The fraction of sp³-hybridized carbons (Fsp3) is 0.227. The van der Waals surface area contributed by atoms with E-state index in [1.807, 2.05) is 39.0 Å². The highest BCUT2D eigenvalue weighted by atomic mass is 35.5. The van der Waals surface area contributed by atoms with Crippen LogP contribution in [0.5, 0.6) is 0 Å². The second-order valence-electron chi connectivity index (χ2n) is 6.98. The first-order valence-corrected chi connectivity index (χ1v) is 9.29. The topological polar surface area (TPSA) is 55.2 Å². The van der Waals surface area contributed by atoms with E-state index >= 15 is 0 Å². The van der Waals surface area contributed by atoms with Gasteiger partial charge in [0.15, 0.2) is 0 Å². The van der Waals surface area contributed by atoms with Gasteiger partial charge in [0, 0.05) is 29.7 Å². The number of halogens is 1. The van der Waals surface area contributed by atoms with Crippen molar-refractivity contribution in [3.8, 4) is 5.69 Å². The summed E-state index contributed by atoms with van der Waals surface area (Å²) in [7, 11) is 1.74. The third-order valence-corrected chi connectivity index (χ3v) is 5.01. The van der Waals surface area contributed by atoms with Crippen LogP contribution in [-0.4, -0.2) is 22.5 Å². The van der Waals surface area contributed by atoms with Gasteiger partial charge < -0.3 is 4.90 Å². The molecule has 0 saturated heterocycles. The van der Waals surface area contributed by atoms with E-state index in [2.05, 4.69) is 4.98 Å². The second kappa shape index (κ2) is 7.60. The molecule has 0 aliphatic heterocycles. The maximum Gasteiger partial charge on any atom is 0.352 e. The SMILES string of the molecule is Cc1ccc(N(C)C(=O)c2ccc(Cl)c(-n3c(C)cc(C)nc3=O)c2)c(C)c1. The minimum absolute atomic E-state index is 0.185. The van der Waals surface area contributed by atoms with Gasteiger partial charge in [0.2, 0.25) is 0 Å². The van der Waals surface area contributed by atoms with E-state index < -0.39 is 5.69 Å². The molecule has 2 aromatic carbocycles. The molecule has 0 aliphatic carbocycles. The second-order valence-corrected chi connectivity index (χ2v) is 7.38. The zero-order valence-corrected chi connectivity index (χ0v) is 17.3. The van der Waals surface area contributed by atoms with Gasteiger partial charge >= 0.3 is 5.69 Å². The Morgan fingerprint density at radius 1 is 1.04 bits per heavy atom. The molecule has 1 heterocycles. The third kappa shape index (κ3) is 3.71. The fourth-order valence-corrected chi connectivity index (χ4v) is 3.55. The largest absolute Gasteiger partial charge is 0.352 e. The molecule has 0 bridgehead atoms. The Labute approximate surface area is 169 Å². The minimum atomic E-state index is -0.424. The van der Waals surface area contributed by atoms with Gasteiger partial charge in [-0.3, -0.25) is 9.36 Å². The maximum absolute atomic E-state index is 13.1. The Hall–Kier alpha value is -2.92. The number of hydrogen-bond donors (Lipinski definition) is 0. The zero-order chi connectivity index (χ0) is 20.6. The quantitative estimate of drug-likeness (QED) is 0.660. The predicted octanol–water partition coefficient (Wildman–Crippen LogP) is 4.40. The number of aryl methyl sites for hydroxylation is 4. The Kier molecular flexibility index (Phi) is 5.38. The van der Waals surface area contributed by atoms with Crippen molar-refractivity contribution in [2.75, 3.05) is 11.9 Å². The Bertz CT molecular complexity index is 1140. The molecule has 0 spiro atoms.